The summed E-state index contributed by atoms with van der Waals surface area (Å²) in [6, 6.07) is 6.09. The van der Waals surface area contributed by atoms with Crippen LogP contribution in [0.1, 0.15) is 25.0 Å². The Morgan fingerprint density at radius 1 is 1.53 bits per heavy atom. The molecule has 1 aromatic rings. The van der Waals surface area contributed by atoms with Gasteiger partial charge < -0.3 is 15.1 Å². The second kappa shape index (κ2) is 4.25. The van der Waals surface area contributed by atoms with Crippen molar-refractivity contribution in [2.45, 2.75) is 26.3 Å². The van der Waals surface area contributed by atoms with Crippen LogP contribution in [0.25, 0.3) is 0 Å². The van der Waals surface area contributed by atoms with Crippen LogP contribution in [0.2, 0.25) is 6.82 Å². The van der Waals surface area contributed by atoms with E-state index in [0.717, 1.165) is 12.1 Å². The largest absolute Gasteiger partial charge is 0.424 e. The Morgan fingerprint density at radius 2 is 2.33 bits per heavy atom. The standard InChI is InChI=1S/C11H16BNO2/c1-3-10-8-5-4-6-9(13-7-14)11(8)12(2)15-10/h4-6,10,13-14H,3,7H2,1-2H3/t10-/m0/s1. The summed E-state index contributed by atoms with van der Waals surface area (Å²) < 4.78 is 5.85. The molecule has 1 aliphatic heterocycles. The first kappa shape index (κ1) is 10.5. The number of rotatable bonds is 3. The maximum Gasteiger partial charge on any atom is 0.326 e. The molecule has 1 aliphatic rings. The summed E-state index contributed by atoms with van der Waals surface area (Å²) in [4.78, 5) is 0. The average molecular weight is 205 g/mol. The van der Waals surface area contributed by atoms with Crippen molar-refractivity contribution in [2.24, 2.45) is 0 Å². The second-order valence-corrected chi connectivity index (χ2v) is 3.82. The van der Waals surface area contributed by atoms with Crippen molar-refractivity contribution < 1.29 is 9.76 Å². The van der Waals surface area contributed by atoms with E-state index in [1.807, 2.05) is 12.1 Å². The van der Waals surface area contributed by atoms with Crippen molar-refractivity contribution in [1.82, 2.24) is 0 Å². The van der Waals surface area contributed by atoms with Gasteiger partial charge in [-0.15, -0.1) is 0 Å². The van der Waals surface area contributed by atoms with E-state index < -0.39 is 0 Å². The van der Waals surface area contributed by atoms with Gasteiger partial charge in [-0.3, -0.25) is 0 Å². The molecule has 0 saturated carbocycles. The monoisotopic (exact) mass is 205 g/mol. The zero-order valence-corrected chi connectivity index (χ0v) is 9.16. The fraction of sp³-hybridized carbons (Fsp3) is 0.455. The number of hydrogen-bond donors (Lipinski definition) is 2. The summed E-state index contributed by atoms with van der Waals surface area (Å²) >= 11 is 0. The zero-order chi connectivity index (χ0) is 10.8. The van der Waals surface area contributed by atoms with Gasteiger partial charge in [-0.1, -0.05) is 25.9 Å². The maximum atomic E-state index is 8.91. The van der Waals surface area contributed by atoms with Gasteiger partial charge in [-0.05, 0) is 23.5 Å². The molecule has 15 heavy (non-hydrogen) atoms. The summed E-state index contributed by atoms with van der Waals surface area (Å²) in [6.07, 6.45) is 1.19. The summed E-state index contributed by atoms with van der Waals surface area (Å²) in [5, 5.41) is 11.9. The van der Waals surface area contributed by atoms with E-state index in [9.17, 15) is 0 Å². The first-order chi connectivity index (χ1) is 7.27. The molecule has 2 N–H and O–H groups in total. The molecule has 2 rings (SSSR count). The number of nitrogens with one attached hydrogen (secondary N) is 1. The van der Waals surface area contributed by atoms with Crippen LogP contribution in [0.4, 0.5) is 5.69 Å². The molecule has 0 bridgehead atoms. The maximum absolute atomic E-state index is 8.91. The van der Waals surface area contributed by atoms with E-state index in [0.29, 0.717) is 0 Å². The lowest BCUT2D eigenvalue weighted by molar-refractivity contribution is 0.221. The third kappa shape index (κ3) is 1.75. The van der Waals surface area contributed by atoms with Crippen LogP contribution in [-0.2, 0) is 4.65 Å². The molecule has 1 heterocycles. The van der Waals surface area contributed by atoms with E-state index in [1.165, 1.54) is 11.0 Å². The number of anilines is 1. The normalized spacial score (nSPS) is 19.1. The van der Waals surface area contributed by atoms with Crippen molar-refractivity contribution in [3.8, 4) is 0 Å². The van der Waals surface area contributed by atoms with Crippen LogP contribution in [0.3, 0.4) is 0 Å². The summed E-state index contributed by atoms with van der Waals surface area (Å²) in [6.45, 7) is 4.25. The van der Waals surface area contributed by atoms with Gasteiger partial charge in [-0.2, -0.15) is 0 Å². The third-order valence-electron chi connectivity index (χ3n) is 2.90. The van der Waals surface area contributed by atoms with E-state index in [4.69, 9.17) is 9.76 Å². The van der Waals surface area contributed by atoms with E-state index >= 15 is 0 Å². The number of aliphatic hydroxyl groups excluding tert-OH is 1. The van der Waals surface area contributed by atoms with Crippen molar-refractivity contribution in [3.63, 3.8) is 0 Å². The highest BCUT2D eigenvalue weighted by Gasteiger charge is 2.32. The number of aliphatic hydroxyl groups is 1. The first-order valence-electron chi connectivity index (χ1n) is 5.41. The Hall–Kier alpha value is -0.995. The van der Waals surface area contributed by atoms with Crippen LogP contribution < -0.4 is 10.8 Å². The van der Waals surface area contributed by atoms with Crippen LogP contribution in [0.5, 0.6) is 0 Å². The van der Waals surface area contributed by atoms with Gasteiger partial charge in [0.25, 0.3) is 0 Å². The predicted octanol–water partition coefficient (Wildman–Crippen LogP) is 1.36. The van der Waals surface area contributed by atoms with Crippen molar-refractivity contribution >= 4 is 18.1 Å². The molecule has 0 amide bonds. The minimum atomic E-state index is -0.0417. The fourth-order valence-electron chi connectivity index (χ4n) is 2.26. The lowest BCUT2D eigenvalue weighted by atomic mass is 9.63. The molecule has 0 radical (unpaired) electrons. The molecule has 0 unspecified atom stereocenters. The fourth-order valence-corrected chi connectivity index (χ4v) is 2.26. The first-order valence-corrected chi connectivity index (χ1v) is 5.41. The topological polar surface area (TPSA) is 41.5 Å². The Morgan fingerprint density at radius 3 is 3.00 bits per heavy atom. The predicted molar refractivity (Wildman–Crippen MR) is 62.5 cm³/mol. The van der Waals surface area contributed by atoms with Crippen LogP contribution >= 0.6 is 0 Å². The smallest absolute Gasteiger partial charge is 0.326 e. The molecule has 1 aromatic carbocycles. The van der Waals surface area contributed by atoms with E-state index in [-0.39, 0.29) is 19.8 Å². The van der Waals surface area contributed by atoms with Crippen LogP contribution in [-0.4, -0.2) is 18.8 Å². The summed E-state index contributed by atoms with van der Waals surface area (Å²) in [5.41, 5.74) is 3.43. The molecular weight excluding hydrogens is 189 g/mol. The zero-order valence-electron chi connectivity index (χ0n) is 9.16. The third-order valence-corrected chi connectivity index (χ3v) is 2.90. The summed E-state index contributed by atoms with van der Waals surface area (Å²) in [5.74, 6) is 0. The van der Waals surface area contributed by atoms with Gasteiger partial charge in [0.1, 0.15) is 6.73 Å². The second-order valence-electron chi connectivity index (χ2n) is 3.82. The van der Waals surface area contributed by atoms with Gasteiger partial charge in [-0.25, -0.2) is 0 Å². The molecule has 0 saturated heterocycles. The Bertz CT molecular complexity index is 356. The molecule has 80 valence electrons. The van der Waals surface area contributed by atoms with Gasteiger partial charge >= 0.3 is 6.92 Å². The molecule has 0 aliphatic carbocycles. The molecule has 4 heteroatoms. The van der Waals surface area contributed by atoms with Crippen molar-refractivity contribution in [3.05, 3.63) is 23.8 Å². The van der Waals surface area contributed by atoms with Gasteiger partial charge in [0.2, 0.25) is 0 Å². The van der Waals surface area contributed by atoms with Gasteiger partial charge in [0, 0.05) is 5.69 Å². The minimum absolute atomic E-state index is 0.0417. The number of hydrogen-bond acceptors (Lipinski definition) is 3. The molecule has 1 atom stereocenters. The molecule has 0 aromatic heterocycles. The van der Waals surface area contributed by atoms with Crippen molar-refractivity contribution in [2.75, 3.05) is 12.0 Å². The van der Waals surface area contributed by atoms with E-state index in [2.05, 4.69) is 25.1 Å². The average Bonchev–Trinajstić information content (AvgIpc) is 2.57. The SMILES string of the molecule is CC[C@@H]1OB(C)c2c(NCO)cccc21. The molecule has 3 nitrogen and oxygen atoms in total. The lowest BCUT2D eigenvalue weighted by Crippen LogP contribution is -2.28. The number of benzene rings is 1. The van der Waals surface area contributed by atoms with Crippen molar-refractivity contribution in [1.29, 1.82) is 0 Å². The molecular formula is C11H16BNO2. The quantitative estimate of drug-likeness (QED) is 0.578. The Labute approximate surface area is 90.6 Å². The Kier molecular flexibility index (Phi) is 2.98. The highest BCUT2D eigenvalue weighted by molar-refractivity contribution is 6.69. The van der Waals surface area contributed by atoms with Gasteiger partial charge in [0.05, 0.1) is 6.10 Å². The van der Waals surface area contributed by atoms with E-state index in [1.54, 1.807) is 0 Å². The Balaban J connectivity index is 2.42. The lowest BCUT2D eigenvalue weighted by Gasteiger charge is -2.10. The van der Waals surface area contributed by atoms with Crippen LogP contribution in [0.15, 0.2) is 18.2 Å². The summed E-state index contributed by atoms with van der Waals surface area (Å²) in [7, 11) is 0. The van der Waals surface area contributed by atoms with Crippen LogP contribution in [0, 0.1) is 0 Å². The minimum Gasteiger partial charge on any atom is -0.424 e. The van der Waals surface area contributed by atoms with Gasteiger partial charge in [0.15, 0.2) is 0 Å². The molecule has 0 fully saturated rings. The highest BCUT2D eigenvalue weighted by Crippen LogP contribution is 2.29. The highest BCUT2D eigenvalue weighted by atomic mass is 16.5. The molecule has 0 spiro atoms. The number of fused-ring (bicyclic) bond motifs is 1.